The molecule has 0 aliphatic carbocycles. The molecule has 26 heavy (non-hydrogen) atoms. The molecule has 0 atom stereocenters. The Balaban J connectivity index is 1.49. The van der Waals surface area contributed by atoms with Crippen LogP contribution in [0.1, 0.15) is 35.7 Å². The number of aromatic amines is 1. The second-order valence-electron chi connectivity index (χ2n) is 7.49. The molecule has 5 nitrogen and oxygen atoms in total. The predicted molar refractivity (Wildman–Crippen MR) is 100 cm³/mol. The smallest absolute Gasteiger partial charge is 0.270 e. The number of halogens is 2. The first-order chi connectivity index (χ1) is 12.5. The Hall–Kier alpha value is -1.63. The highest BCUT2D eigenvalue weighted by Gasteiger charge is 2.26. The van der Waals surface area contributed by atoms with Crippen LogP contribution in [0.2, 0.25) is 5.02 Å². The van der Waals surface area contributed by atoms with E-state index >= 15 is 0 Å². The molecule has 1 aromatic carbocycles. The lowest BCUT2D eigenvalue weighted by Crippen LogP contribution is -2.35. The van der Waals surface area contributed by atoms with Crippen LogP contribution in [0.5, 0.6) is 0 Å². The summed E-state index contributed by atoms with van der Waals surface area (Å²) in [6.07, 6.45) is 2.76. The average molecular weight is 379 g/mol. The zero-order chi connectivity index (χ0) is 18.3. The maximum atomic E-state index is 13.3. The first-order valence-electron chi connectivity index (χ1n) is 9.18. The van der Waals surface area contributed by atoms with E-state index in [9.17, 15) is 9.18 Å². The van der Waals surface area contributed by atoms with Crippen LogP contribution in [0.15, 0.2) is 23.0 Å². The zero-order valence-corrected chi connectivity index (χ0v) is 15.7. The number of hydrogen-bond acceptors (Lipinski definition) is 3. The second-order valence-corrected chi connectivity index (χ2v) is 7.89. The van der Waals surface area contributed by atoms with Crippen molar-refractivity contribution in [3.63, 3.8) is 0 Å². The first kappa shape index (κ1) is 17.8. The average Bonchev–Trinajstić information content (AvgIpc) is 2.95. The van der Waals surface area contributed by atoms with Gasteiger partial charge in [-0.25, -0.2) is 9.07 Å². The molecule has 2 aliphatic rings. The molecule has 2 aliphatic heterocycles. The molecule has 3 heterocycles. The minimum atomic E-state index is -0.393. The molecule has 140 valence electrons. The van der Waals surface area contributed by atoms with Gasteiger partial charge in [0.05, 0.1) is 16.8 Å². The number of piperidine rings is 1. The van der Waals surface area contributed by atoms with Crippen molar-refractivity contribution in [2.24, 2.45) is 0 Å². The molecule has 0 saturated carbocycles. The van der Waals surface area contributed by atoms with E-state index in [0.29, 0.717) is 13.1 Å². The van der Waals surface area contributed by atoms with E-state index in [1.165, 1.54) is 6.07 Å². The lowest BCUT2D eigenvalue weighted by Gasteiger charge is -2.29. The molecule has 2 aromatic rings. The van der Waals surface area contributed by atoms with Crippen molar-refractivity contribution in [2.75, 3.05) is 26.7 Å². The van der Waals surface area contributed by atoms with Gasteiger partial charge in [-0.3, -0.25) is 14.8 Å². The van der Waals surface area contributed by atoms with Gasteiger partial charge in [0, 0.05) is 25.2 Å². The highest BCUT2D eigenvalue weighted by atomic mass is 35.5. The van der Waals surface area contributed by atoms with E-state index in [1.807, 2.05) is 4.68 Å². The zero-order valence-electron chi connectivity index (χ0n) is 15.0. The quantitative estimate of drug-likeness (QED) is 0.893. The van der Waals surface area contributed by atoms with E-state index in [-0.39, 0.29) is 16.6 Å². The minimum absolute atomic E-state index is 0.152. The highest BCUT2D eigenvalue weighted by molar-refractivity contribution is 6.30. The molecule has 1 aromatic heterocycles. The molecule has 0 bridgehead atoms. The third-order valence-corrected chi connectivity index (χ3v) is 5.89. The molecule has 1 saturated heterocycles. The van der Waals surface area contributed by atoms with Crippen molar-refractivity contribution < 1.29 is 4.39 Å². The Kier molecular flexibility index (Phi) is 4.90. The summed E-state index contributed by atoms with van der Waals surface area (Å²) in [6.45, 7) is 4.28. The third-order valence-electron chi connectivity index (χ3n) is 5.60. The maximum absolute atomic E-state index is 13.3. The van der Waals surface area contributed by atoms with E-state index in [1.54, 1.807) is 12.1 Å². The summed E-state index contributed by atoms with van der Waals surface area (Å²) in [7, 11) is 2.12. The predicted octanol–water partition coefficient (Wildman–Crippen LogP) is 2.79. The standard InChI is InChI=1S/C19H24ClFN4O/c1-23-7-4-14(5-8-23)25-19(26)15-6-9-24(12-18(15)22-25)11-13-2-3-17(21)16(20)10-13/h2-3,10,14,22H,4-9,11-12H2,1H3. The Labute approximate surface area is 157 Å². The summed E-state index contributed by atoms with van der Waals surface area (Å²) < 4.78 is 15.2. The van der Waals surface area contributed by atoms with Gasteiger partial charge in [-0.05, 0) is 57.1 Å². The fourth-order valence-corrected chi connectivity index (χ4v) is 4.24. The Bertz CT molecular complexity index is 854. The molecule has 0 amide bonds. The number of aromatic nitrogens is 2. The van der Waals surface area contributed by atoms with E-state index < -0.39 is 5.82 Å². The van der Waals surface area contributed by atoms with E-state index in [0.717, 1.165) is 55.7 Å². The molecule has 0 radical (unpaired) electrons. The normalized spacial score (nSPS) is 19.7. The van der Waals surface area contributed by atoms with Crippen LogP contribution < -0.4 is 5.56 Å². The van der Waals surface area contributed by atoms with Crippen LogP contribution in [0, 0.1) is 5.82 Å². The number of benzene rings is 1. The van der Waals surface area contributed by atoms with Gasteiger partial charge in [0.25, 0.3) is 5.56 Å². The van der Waals surface area contributed by atoms with Gasteiger partial charge in [-0.2, -0.15) is 0 Å². The van der Waals surface area contributed by atoms with Gasteiger partial charge >= 0.3 is 0 Å². The van der Waals surface area contributed by atoms with Crippen molar-refractivity contribution >= 4 is 11.6 Å². The van der Waals surface area contributed by atoms with Crippen LogP contribution in [0.25, 0.3) is 0 Å². The Morgan fingerprint density at radius 2 is 2.04 bits per heavy atom. The molecular formula is C19H24ClFN4O. The van der Waals surface area contributed by atoms with Crippen molar-refractivity contribution in [2.45, 2.75) is 38.4 Å². The largest absolute Gasteiger partial charge is 0.306 e. The second kappa shape index (κ2) is 7.18. The van der Waals surface area contributed by atoms with Crippen molar-refractivity contribution in [3.05, 3.63) is 56.2 Å². The topological polar surface area (TPSA) is 44.3 Å². The van der Waals surface area contributed by atoms with Gasteiger partial charge in [-0.1, -0.05) is 17.7 Å². The van der Waals surface area contributed by atoms with Gasteiger partial charge < -0.3 is 4.90 Å². The number of hydrogen-bond donors (Lipinski definition) is 1. The lowest BCUT2D eigenvalue weighted by atomic mass is 10.1. The maximum Gasteiger partial charge on any atom is 0.270 e. The van der Waals surface area contributed by atoms with Gasteiger partial charge in [0.15, 0.2) is 0 Å². The van der Waals surface area contributed by atoms with Crippen LogP contribution in [-0.4, -0.2) is 46.3 Å². The number of rotatable bonds is 3. The van der Waals surface area contributed by atoms with Crippen LogP contribution in [0.3, 0.4) is 0 Å². The fraction of sp³-hybridized carbons (Fsp3) is 0.526. The van der Waals surface area contributed by atoms with Crippen molar-refractivity contribution in [3.8, 4) is 0 Å². The van der Waals surface area contributed by atoms with Gasteiger partial charge in [0.1, 0.15) is 5.82 Å². The van der Waals surface area contributed by atoms with Crippen LogP contribution in [0.4, 0.5) is 4.39 Å². The summed E-state index contributed by atoms with van der Waals surface area (Å²) >= 11 is 5.89. The summed E-state index contributed by atoms with van der Waals surface area (Å²) in [5, 5.41) is 3.54. The molecule has 0 unspecified atom stereocenters. The fourth-order valence-electron chi connectivity index (χ4n) is 4.04. The van der Waals surface area contributed by atoms with Crippen LogP contribution >= 0.6 is 11.6 Å². The third kappa shape index (κ3) is 3.46. The van der Waals surface area contributed by atoms with Gasteiger partial charge in [0.2, 0.25) is 0 Å². The molecule has 4 rings (SSSR count). The summed E-state index contributed by atoms with van der Waals surface area (Å²) in [6, 6.07) is 5.13. The van der Waals surface area contributed by atoms with E-state index in [2.05, 4.69) is 21.9 Å². The Morgan fingerprint density at radius 3 is 2.77 bits per heavy atom. The number of likely N-dealkylation sites (tertiary alicyclic amines) is 1. The van der Waals surface area contributed by atoms with Gasteiger partial charge in [-0.15, -0.1) is 0 Å². The lowest BCUT2D eigenvalue weighted by molar-refractivity contribution is 0.208. The first-order valence-corrected chi connectivity index (χ1v) is 9.56. The minimum Gasteiger partial charge on any atom is -0.306 e. The molecule has 1 fully saturated rings. The van der Waals surface area contributed by atoms with E-state index in [4.69, 9.17) is 11.6 Å². The van der Waals surface area contributed by atoms with Crippen molar-refractivity contribution in [1.82, 2.24) is 19.6 Å². The van der Waals surface area contributed by atoms with Crippen molar-refractivity contribution in [1.29, 1.82) is 0 Å². The number of nitrogens with zero attached hydrogens (tertiary/aromatic N) is 3. The highest BCUT2D eigenvalue weighted by Crippen LogP contribution is 2.24. The summed E-state index contributed by atoms with van der Waals surface area (Å²) in [5.74, 6) is -0.393. The monoisotopic (exact) mass is 378 g/mol. The summed E-state index contributed by atoms with van der Waals surface area (Å²) in [5.41, 5.74) is 3.08. The number of H-pyrrole nitrogens is 1. The molecule has 0 spiro atoms. The number of fused-ring (bicyclic) bond motifs is 1. The van der Waals surface area contributed by atoms with Crippen LogP contribution in [-0.2, 0) is 19.5 Å². The number of nitrogens with one attached hydrogen (secondary N) is 1. The summed E-state index contributed by atoms with van der Waals surface area (Å²) in [4.78, 5) is 17.4. The molecule has 7 heteroatoms. The molecular weight excluding hydrogens is 355 g/mol. The SMILES string of the molecule is CN1CCC(n2[nH]c3c(c2=O)CCN(Cc2ccc(F)c(Cl)c2)C3)CC1. The Morgan fingerprint density at radius 1 is 1.27 bits per heavy atom. The molecule has 1 N–H and O–H groups in total.